The lowest BCUT2D eigenvalue weighted by Crippen LogP contribution is -2.31. The standard InChI is InChI=1S/C24H26N2O4S2/c1-17-12-13-18(32(28,29)25(2)20-8-4-5-10-22(20)30-3)16-19(17)24(27)26-14-6-9-21(26)23-11-7-15-31-23/h4-5,7-8,10-13,15-16,21H,6,9,14H2,1-3H3/t21-/m1/s1. The number of rotatable bonds is 6. The molecule has 1 aliphatic rings. The summed E-state index contributed by atoms with van der Waals surface area (Å²) in [6.07, 6.45) is 1.85. The summed E-state index contributed by atoms with van der Waals surface area (Å²) >= 11 is 1.64. The predicted octanol–water partition coefficient (Wildman–Crippen LogP) is 4.87. The first-order valence-electron chi connectivity index (χ1n) is 10.4. The van der Waals surface area contributed by atoms with Gasteiger partial charge in [-0.25, -0.2) is 8.42 Å². The lowest BCUT2D eigenvalue weighted by Gasteiger charge is -2.25. The summed E-state index contributed by atoms with van der Waals surface area (Å²) in [5.74, 6) is 0.327. The molecule has 1 atom stereocenters. The molecule has 6 nitrogen and oxygen atoms in total. The van der Waals surface area contributed by atoms with E-state index < -0.39 is 10.0 Å². The number of carbonyl (C=O) groups excluding carboxylic acids is 1. The minimum Gasteiger partial charge on any atom is -0.495 e. The van der Waals surface area contributed by atoms with Crippen molar-refractivity contribution in [2.75, 3.05) is 25.0 Å². The zero-order chi connectivity index (χ0) is 22.9. The second-order valence-electron chi connectivity index (χ2n) is 7.79. The molecule has 1 aromatic heterocycles. The summed E-state index contributed by atoms with van der Waals surface area (Å²) in [6, 6.07) is 15.8. The normalized spacial score (nSPS) is 16.2. The number of ether oxygens (including phenoxy) is 1. The van der Waals surface area contributed by atoms with E-state index in [9.17, 15) is 13.2 Å². The van der Waals surface area contributed by atoms with Crippen LogP contribution in [0.3, 0.4) is 0 Å². The number of methoxy groups -OCH3 is 1. The van der Waals surface area contributed by atoms with Gasteiger partial charge in [0.05, 0.1) is 23.7 Å². The van der Waals surface area contributed by atoms with Gasteiger partial charge in [-0.2, -0.15) is 0 Å². The maximum Gasteiger partial charge on any atom is 0.264 e. The maximum absolute atomic E-state index is 13.5. The summed E-state index contributed by atoms with van der Waals surface area (Å²) in [6.45, 7) is 2.50. The van der Waals surface area contributed by atoms with E-state index in [1.165, 1.54) is 24.5 Å². The van der Waals surface area contributed by atoms with Crippen molar-refractivity contribution < 1.29 is 17.9 Å². The molecule has 0 radical (unpaired) electrons. The van der Waals surface area contributed by atoms with E-state index in [2.05, 4.69) is 6.07 Å². The molecule has 32 heavy (non-hydrogen) atoms. The number of thiophene rings is 1. The zero-order valence-corrected chi connectivity index (χ0v) is 19.9. The van der Waals surface area contributed by atoms with E-state index >= 15 is 0 Å². The first-order chi connectivity index (χ1) is 15.3. The Kier molecular flexibility index (Phi) is 6.26. The van der Waals surface area contributed by atoms with E-state index in [0.29, 0.717) is 23.5 Å². The summed E-state index contributed by atoms with van der Waals surface area (Å²) in [5, 5.41) is 2.02. The number of para-hydroxylation sites is 2. The number of hydrogen-bond acceptors (Lipinski definition) is 5. The SMILES string of the molecule is COc1ccccc1N(C)S(=O)(=O)c1ccc(C)c(C(=O)N2CCC[C@@H]2c2cccs2)c1. The van der Waals surface area contributed by atoms with E-state index in [1.54, 1.807) is 47.7 Å². The highest BCUT2D eigenvalue weighted by Gasteiger charge is 2.33. The van der Waals surface area contributed by atoms with Crippen LogP contribution < -0.4 is 9.04 Å². The van der Waals surface area contributed by atoms with Gasteiger partial charge in [0.2, 0.25) is 0 Å². The number of anilines is 1. The van der Waals surface area contributed by atoms with Gasteiger partial charge >= 0.3 is 0 Å². The molecule has 0 unspecified atom stereocenters. The Balaban J connectivity index is 1.68. The van der Waals surface area contributed by atoms with E-state index in [4.69, 9.17) is 4.74 Å². The van der Waals surface area contributed by atoms with Crippen molar-refractivity contribution in [3.8, 4) is 5.75 Å². The highest BCUT2D eigenvalue weighted by atomic mass is 32.2. The molecule has 1 saturated heterocycles. The van der Waals surface area contributed by atoms with Crippen LogP contribution in [-0.4, -0.2) is 39.9 Å². The zero-order valence-electron chi connectivity index (χ0n) is 18.3. The molecule has 0 saturated carbocycles. The third-order valence-electron chi connectivity index (χ3n) is 5.91. The molecule has 1 amide bonds. The summed E-state index contributed by atoms with van der Waals surface area (Å²) in [7, 11) is -0.903. The Morgan fingerprint density at radius 3 is 2.66 bits per heavy atom. The van der Waals surface area contributed by atoms with E-state index in [-0.39, 0.29) is 16.8 Å². The number of nitrogens with zero attached hydrogens (tertiary/aromatic N) is 2. The Hall–Kier alpha value is -2.84. The van der Waals surface area contributed by atoms with Crippen molar-refractivity contribution >= 4 is 33.0 Å². The van der Waals surface area contributed by atoms with Crippen LogP contribution in [0.4, 0.5) is 5.69 Å². The molecule has 8 heteroatoms. The predicted molar refractivity (Wildman–Crippen MR) is 127 cm³/mol. The molecular weight excluding hydrogens is 444 g/mol. The van der Waals surface area contributed by atoms with Crippen molar-refractivity contribution in [3.05, 3.63) is 76.0 Å². The smallest absolute Gasteiger partial charge is 0.264 e. The number of hydrogen-bond donors (Lipinski definition) is 0. The number of benzene rings is 2. The first-order valence-corrected chi connectivity index (χ1v) is 12.7. The Morgan fingerprint density at radius 1 is 1.16 bits per heavy atom. The molecular formula is C24H26N2O4S2. The van der Waals surface area contributed by atoms with Crippen LogP contribution in [0.1, 0.15) is 39.7 Å². The van der Waals surface area contributed by atoms with E-state index in [1.807, 2.05) is 23.3 Å². The van der Waals surface area contributed by atoms with Crippen LogP contribution in [-0.2, 0) is 10.0 Å². The highest BCUT2D eigenvalue weighted by molar-refractivity contribution is 7.92. The van der Waals surface area contributed by atoms with Gasteiger partial charge in [0, 0.05) is 24.0 Å². The molecule has 4 rings (SSSR count). The van der Waals surface area contributed by atoms with Crippen molar-refractivity contribution in [1.82, 2.24) is 4.90 Å². The third kappa shape index (κ3) is 4.00. The van der Waals surface area contributed by atoms with Crippen molar-refractivity contribution in [2.24, 2.45) is 0 Å². The van der Waals surface area contributed by atoms with Crippen LogP contribution in [0, 0.1) is 6.92 Å². The second kappa shape index (κ2) is 8.96. The minimum absolute atomic E-state index is 0.0402. The molecule has 3 aromatic rings. The second-order valence-corrected chi connectivity index (χ2v) is 10.7. The Morgan fingerprint density at radius 2 is 1.94 bits per heavy atom. The van der Waals surface area contributed by atoms with Crippen LogP contribution >= 0.6 is 11.3 Å². The van der Waals surface area contributed by atoms with Crippen molar-refractivity contribution in [3.63, 3.8) is 0 Å². The number of aryl methyl sites for hydroxylation is 1. The lowest BCUT2D eigenvalue weighted by molar-refractivity contribution is 0.0737. The van der Waals surface area contributed by atoms with E-state index in [0.717, 1.165) is 23.3 Å². The maximum atomic E-state index is 13.5. The number of likely N-dealkylation sites (tertiary alicyclic amines) is 1. The number of amides is 1. The van der Waals surface area contributed by atoms with Crippen LogP contribution in [0.2, 0.25) is 0 Å². The van der Waals surface area contributed by atoms with Crippen molar-refractivity contribution in [1.29, 1.82) is 0 Å². The topological polar surface area (TPSA) is 66.9 Å². The average Bonchev–Trinajstić information content (AvgIpc) is 3.50. The molecule has 2 aromatic carbocycles. The monoisotopic (exact) mass is 470 g/mol. The molecule has 0 N–H and O–H groups in total. The van der Waals surface area contributed by atoms with Crippen LogP contribution in [0.15, 0.2) is 64.9 Å². The van der Waals surface area contributed by atoms with Crippen LogP contribution in [0.5, 0.6) is 5.75 Å². The molecule has 1 aliphatic heterocycles. The van der Waals surface area contributed by atoms with Gasteiger partial charge in [-0.3, -0.25) is 9.10 Å². The molecule has 1 fully saturated rings. The molecule has 168 valence electrons. The molecule has 0 aliphatic carbocycles. The van der Waals surface area contributed by atoms with Crippen LogP contribution in [0.25, 0.3) is 0 Å². The average molecular weight is 471 g/mol. The van der Waals surface area contributed by atoms with Gasteiger partial charge < -0.3 is 9.64 Å². The first kappa shape index (κ1) is 22.4. The summed E-state index contributed by atoms with van der Waals surface area (Å²) in [4.78, 5) is 16.6. The lowest BCUT2D eigenvalue weighted by atomic mass is 10.1. The number of sulfonamides is 1. The Labute approximate surface area is 193 Å². The highest BCUT2D eigenvalue weighted by Crippen LogP contribution is 2.36. The summed E-state index contributed by atoms with van der Waals surface area (Å²) < 4.78 is 33.3. The van der Waals surface area contributed by atoms with Crippen molar-refractivity contribution in [2.45, 2.75) is 30.7 Å². The van der Waals surface area contributed by atoms with Gasteiger partial charge in [-0.05, 0) is 61.0 Å². The fourth-order valence-corrected chi connectivity index (χ4v) is 6.22. The minimum atomic E-state index is -3.89. The molecule has 0 spiro atoms. The third-order valence-corrected chi connectivity index (χ3v) is 8.65. The van der Waals surface area contributed by atoms with Gasteiger partial charge in [-0.1, -0.05) is 24.3 Å². The van der Waals surface area contributed by atoms with Gasteiger partial charge in [0.25, 0.3) is 15.9 Å². The number of carbonyl (C=O) groups is 1. The molecule has 2 heterocycles. The fourth-order valence-electron chi connectivity index (χ4n) is 4.11. The molecule has 0 bridgehead atoms. The van der Waals surface area contributed by atoms with Gasteiger partial charge in [-0.15, -0.1) is 11.3 Å². The summed E-state index contributed by atoms with van der Waals surface area (Å²) in [5.41, 5.74) is 1.61. The Bertz CT molecular complexity index is 1220. The van der Waals surface area contributed by atoms with Gasteiger partial charge in [0.15, 0.2) is 0 Å². The quantitative estimate of drug-likeness (QED) is 0.516. The largest absolute Gasteiger partial charge is 0.495 e. The fraction of sp³-hybridized carbons (Fsp3) is 0.292. The van der Waals surface area contributed by atoms with Gasteiger partial charge in [0.1, 0.15) is 5.75 Å².